The van der Waals surface area contributed by atoms with Crippen LogP contribution >= 0.6 is 0 Å². The summed E-state index contributed by atoms with van der Waals surface area (Å²) >= 11 is 0. The van der Waals surface area contributed by atoms with Crippen LogP contribution in [0.15, 0.2) is 42.5 Å². The minimum absolute atomic E-state index is 0.0901. The summed E-state index contributed by atoms with van der Waals surface area (Å²) < 4.78 is 24.0. The van der Waals surface area contributed by atoms with Crippen molar-refractivity contribution in [2.24, 2.45) is 0 Å². The third-order valence-corrected chi connectivity index (χ3v) is 3.97. The molecule has 6 heteroatoms. The molecule has 1 unspecified atom stereocenters. The van der Waals surface area contributed by atoms with Gasteiger partial charge in [0.15, 0.2) is 5.60 Å². The lowest BCUT2D eigenvalue weighted by atomic mass is 9.89. The van der Waals surface area contributed by atoms with Crippen LogP contribution in [0.5, 0.6) is 5.75 Å². The number of nitrogens with one attached hydrogen (secondary N) is 1. The highest BCUT2D eigenvalue weighted by Crippen LogP contribution is 2.31. The van der Waals surface area contributed by atoms with Crippen LogP contribution in [0, 0.1) is 5.82 Å². The number of rotatable bonds is 3. The SMILES string of the molecule is COc1ccccc1NC(=O)C1(C)Cc2cc(F)ccc2C(=O)O1. The molecule has 1 atom stereocenters. The first kappa shape index (κ1) is 16.0. The standard InChI is InChI=1S/C18H16FNO4/c1-18(17(22)20-14-5-3-4-6-15(14)23-2)10-11-9-12(19)7-8-13(11)16(21)24-18/h3-9H,10H2,1-2H3,(H,20,22). The number of amides is 1. The molecule has 0 saturated heterocycles. The summed E-state index contributed by atoms with van der Waals surface area (Å²) in [6.07, 6.45) is 0.0901. The summed E-state index contributed by atoms with van der Waals surface area (Å²) in [5, 5.41) is 2.70. The van der Waals surface area contributed by atoms with Crippen LogP contribution in [0.2, 0.25) is 0 Å². The van der Waals surface area contributed by atoms with Crippen LogP contribution < -0.4 is 10.1 Å². The number of carbonyl (C=O) groups is 2. The molecule has 0 aromatic heterocycles. The molecule has 1 heterocycles. The Balaban J connectivity index is 1.88. The largest absolute Gasteiger partial charge is 0.495 e. The predicted molar refractivity (Wildman–Crippen MR) is 85.5 cm³/mol. The van der Waals surface area contributed by atoms with E-state index in [2.05, 4.69) is 5.32 Å². The summed E-state index contributed by atoms with van der Waals surface area (Å²) in [6.45, 7) is 1.50. The van der Waals surface area contributed by atoms with E-state index in [4.69, 9.17) is 9.47 Å². The third-order valence-electron chi connectivity index (χ3n) is 3.97. The van der Waals surface area contributed by atoms with Crippen LogP contribution in [-0.2, 0) is 16.0 Å². The first-order valence-electron chi connectivity index (χ1n) is 7.39. The number of esters is 1. The average Bonchev–Trinajstić information content (AvgIpc) is 2.54. The predicted octanol–water partition coefficient (Wildman–Crippen LogP) is 2.94. The fourth-order valence-corrected chi connectivity index (χ4v) is 2.70. The molecule has 3 rings (SSSR count). The number of hydrogen-bond donors (Lipinski definition) is 1. The molecule has 1 aliphatic heterocycles. The van der Waals surface area contributed by atoms with Crippen LogP contribution in [0.3, 0.4) is 0 Å². The highest BCUT2D eigenvalue weighted by Gasteiger charge is 2.43. The highest BCUT2D eigenvalue weighted by molar-refractivity contribution is 6.03. The van der Waals surface area contributed by atoms with Crippen molar-refractivity contribution in [3.63, 3.8) is 0 Å². The molecule has 0 fully saturated rings. The van der Waals surface area contributed by atoms with Crippen LogP contribution in [0.25, 0.3) is 0 Å². The van der Waals surface area contributed by atoms with Crippen LogP contribution in [0.4, 0.5) is 10.1 Å². The zero-order valence-corrected chi connectivity index (χ0v) is 13.3. The van der Waals surface area contributed by atoms with Gasteiger partial charge in [-0.2, -0.15) is 0 Å². The zero-order chi connectivity index (χ0) is 17.3. The molecule has 24 heavy (non-hydrogen) atoms. The van der Waals surface area contributed by atoms with Crippen molar-refractivity contribution in [3.05, 3.63) is 59.4 Å². The molecule has 0 spiro atoms. The normalized spacial score (nSPS) is 19.2. The molecule has 0 bridgehead atoms. The molecule has 1 amide bonds. The minimum atomic E-state index is -1.43. The second kappa shape index (κ2) is 5.96. The second-order valence-electron chi connectivity index (χ2n) is 5.75. The van der Waals surface area contributed by atoms with Gasteiger partial charge in [-0.3, -0.25) is 4.79 Å². The van der Waals surface area contributed by atoms with E-state index in [9.17, 15) is 14.0 Å². The Labute approximate surface area is 138 Å². The van der Waals surface area contributed by atoms with Gasteiger partial charge in [-0.1, -0.05) is 12.1 Å². The van der Waals surface area contributed by atoms with Gasteiger partial charge in [0, 0.05) is 6.42 Å². The Kier molecular flexibility index (Phi) is 3.97. The summed E-state index contributed by atoms with van der Waals surface area (Å²) in [5.41, 5.74) is -0.242. The monoisotopic (exact) mass is 329 g/mol. The molecule has 2 aromatic rings. The molecule has 1 aliphatic rings. The molecule has 2 aromatic carbocycles. The lowest BCUT2D eigenvalue weighted by molar-refractivity contribution is -0.134. The van der Waals surface area contributed by atoms with Crippen LogP contribution in [-0.4, -0.2) is 24.6 Å². The summed E-state index contributed by atoms with van der Waals surface area (Å²) in [5.74, 6) is -1.12. The van der Waals surface area contributed by atoms with E-state index in [1.165, 1.54) is 32.2 Å². The molecular formula is C18H16FNO4. The van der Waals surface area contributed by atoms with Gasteiger partial charge < -0.3 is 14.8 Å². The maximum Gasteiger partial charge on any atom is 0.339 e. The first-order valence-corrected chi connectivity index (χ1v) is 7.39. The lowest BCUT2D eigenvalue weighted by Gasteiger charge is -2.33. The molecule has 0 saturated carbocycles. The smallest absolute Gasteiger partial charge is 0.339 e. The Morgan fingerprint density at radius 2 is 2.04 bits per heavy atom. The molecule has 124 valence electrons. The van der Waals surface area contributed by atoms with E-state index < -0.39 is 23.3 Å². The van der Waals surface area contributed by atoms with Gasteiger partial charge >= 0.3 is 5.97 Å². The van der Waals surface area contributed by atoms with Crippen molar-refractivity contribution < 1.29 is 23.5 Å². The molecule has 0 radical (unpaired) electrons. The van der Waals surface area contributed by atoms with Crippen molar-refractivity contribution >= 4 is 17.6 Å². The number of para-hydroxylation sites is 2. The van der Waals surface area contributed by atoms with E-state index in [0.717, 1.165) is 0 Å². The van der Waals surface area contributed by atoms with Crippen molar-refractivity contribution in [1.82, 2.24) is 0 Å². The molecule has 5 nitrogen and oxygen atoms in total. The minimum Gasteiger partial charge on any atom is -0.495 e. The topological polar surface area (TPSA) is 64.6 Å². The number of fused-ring (bicyclic) bond motifs is 1. The van der Waals surface area contributed by atoms with E-state index in [1.807, 2.05) is 0 Å². The summed E-state index contributed by atoms with van der Waals surface area (Å²) in [7, 11) is 1.49. The quantitative estimate of drug-likeness (QED) is 0.880. The van der Waals surface area contributed by atoms with Crippen LogP contribution in [0.1, 0.15) is 22.8 Å². The van der Waals surface area contributed by atoms with Gasteiger partial charge in [0.25, 0.3) is 5.91 Å². The maximum absolute atomic E-state index is 13.5. The number of cyclic esters (lactones) is 1. The fraction of sp³-hybridized carbons (Fsp3) is 0.222. The van der Waals surface area contributed by atoms with Crippen molar-refractivity contribution in [2.45, 2.75) is 18.9 Å². The second-order valence-corrected chi connectivity index (χ2v) is 5.75. The zero-order valence-electron chi connectivity index (χ0n) is 13.3. The molecule has 0 aliphatic carbocycles. The van der Waals surface area contributed by atoms with Crippen molar-refractivity contribution in [1.29, 1.82) is 0 Å². The van der Waals surface area contributed by atoms with Gasteiger partial charge in [0.2, 0.25) is 0 Å². The lowest BCUT2D eigenvalue weighted by Crippen LogP contribution is -2.49. The van der Waals surface area contributed by atoms with E-state index >= 15 is 0 Å². The van der Waals surface area contributed by atoms with Gasteiger partial charge in [0.1, 0.15) is 11.6 Å². The Hall–Kier alpha value is -2.89. The number of hydrogen-bond acceptors (Lipinski definition) is 4. The average molecular weight is 329 g/mol. The Morgan fingerprint density at radius 3 is 2.79 bits per heavy atom. The van der Waals surface area contributed by atoms with Gasteiger partial charge in [0.05, 0.1) is 18.4 Å². The molecule has 1 N–H and O–H groups in total. The van der Waals surface area contributed by atoms with E-state index in [0.29, 0.717) is 17.0 Å². The highest BCUT2D eigenvalue weighted by atomic mass is 19.1. The van der Waals surface area contributed by atoms with Gasteiger partial charge in [-0.25, -0.2) is 9.18 Å². The number of halogens is 1. The van der Waals surface area contributed by atoms with Crippen molar-refractivity contribution in [3.8, 4) is 5.75 Å². The van der Waals surface area contributed by atoms with Crippen molar-refractivity contribution in [2.75, 3.05) is 12.4 Å². The number of benzene rings is 2. The van der Waals surface area contributed by atoms with Gasteiger partial charge in [-0.05, 0) is 42.8 Å². The Morgan fingerprint density at radius 1 is 1.29 bits per heavy atom. The van der Waals surface area contributed by atoms with E-state index in [1.54, 1.807) is 24.3 Å². The maximum atomic E-state index is 13.5. The van der Waals surface area contributed by atoms with Gasteiger partial charge in [-0.15, -0.1) is 0 Å². The number of carbonyl (C=O) groups excluding carboxylic acids is 2. The third kappa shape index (κ3) is 2.82. The number of anilines is 1. The summed E-state index contributed by atoms with van der Waals surface area (Å²) in [4.78, 5) is 24.8. The molecular weight excluding hydrogens is 313 g/mol. The fourth-order valence-electron chi connectivity index (χ4n) is 2.70. The number of ether oxygens (including phenoxy) is 2. The Bertz CT molecular complexity index is 820. The summed E-state index contributed by atoms with van der Waals surface area (Å²) in [6, 6.07) is 10.7. The number of methoxy groups -OCH3 is 1. The first-order chi connectivity index (χ1) is 11.4. The van der Waals surface area contributed by atoms with E-state index in [-0.39, 0.29) is 12.0 Å².